The van der Waals surface area contributed by atoms with Gasteiger partial charge in [-0.25, -0.2) is 0 Å². The number of rotatable bonds is 3. The highest BCUT2D eigenvalue weighted by Gasteiger charge is 2.17. The van der Waals surface area contributed by atoms with Crippen LogP contribution >= 0.6 is 11.6 Å². The van der Waals surface area contributed by atoms with Crippen LogP contribution in [-0.4, -0.2) is 6.54 Å². The first-order valence-corrected chi connectivity index (χ1v) is 6.52. The third kappa shape index (κ3) is 2.02. The molecule has 0 amide bonds. The molecule has 0 atom stereocenters. The molecule has 2 heteroatoms. The van der Waals surface area contributed by atoms with Crippen molar-refractivity contribution in [2.75, 3.05) is 11.9 Å². The van der Waals surface area contributed by atoms with Crippen LogP contribution in [0, 0.1) is 0 Å². The van der Waals surface area contributed by atoms with Gasteiger partial charge in [0, 0.05) is 17.8 Å². The highest BCUT2D eigenvalue weighted by atomic mass is 35.5. The predicted molar refractivity (Wildman–Crippen MR) is 78.2 cm³/mol. The van der Waals surface area contributed by atoms with E-state index in [1.165, 1.54) is 27.8 Å². The van der Waals surface area contributed by atoms with E-state index in [2.05, 4.69) is 47.8 Å². The van der Waals surface area contributed by atoms with E-state index < -0.39 is 0 Å². The molecule has 0 aromatic heterocycles. The molecule has 1 aliphatic rings. The lowest BCUT2D eigenvalue weighted by Crippen LogP contribution is -1.98. The number of anilines is 1. The van der Waals surface area contributed by atoms with Gasteiger partial charge in [-0.05, 0) is 40.8 Å². The molecule has 0 aliphatic heterocycles. The average Bonchev–Trinajstić information content (AvgIpc) is 2.76. The Balaban J connectivity index is 1.89. The van der Waals surface area contributed by atoms with Crippen molar-refractivity contribution in [2.24, 2.45) is 0 Å². The number of nitrogens with one attached hydrogen (secondary N) is 1. The molecule has 0 saturated heterocycles. The third-order valence-electron chi connectivity index (χ3n) is 3.31. The van der Waals surface area contributed by atoms with Gasteiger partial charge in [0.2, 0.25) is 0 Å². The Morgan fingerprint density at radius 1 is 1.06 bits per heavy atom. The highest BCUT2D eigenvalue weighted by Crippen LogP contribution is 2.37. The molecular weight excluding hydrogens is 242 g/mol. The zero-order chi connectivity index (χ0) is 12.4. The number of hydrogen-bond acceptors (Lipinski definition) is 1. The molecular formula is C16H14ClN. The number of benzene rings is 2. The van der Waals surface area contributed by atoms with E-state index in [1.54, 1.807) is 0 Å². The Bertz CT molecular complexity index is 602. The predicted octanol–water partition coefficient (Wildman–Crippen LogP) is 4.42. The van der Waals surface area contributed by atoms with Gasteiger partial charge in [0.15, 0.2) is 0 Å². The summed E-state index contributed by atoms with van der Waals surface area (Å²) in [5.74, 6) is 0. The molecule has 1 aliphatic carbocycles. The second kappa shape index (κ2) is 4.87. The Hall–Kier alpha value is -1.73. The Morgan fingerprint density at radius 3 is 2.78 bits per heavy atom. The Labute approximate surface area is 112 Å². The molecule has 0 heterocycles. The van der Waals surface area contributed by atoms with Crippen molar-refractivity contribution in [2.45, 2.75) is 6.42 Å². The standard InChI is InChI=1S/C16H14ClN/c17-8-3-9-18-14-6-7-16-13(11-14)10-12-4-1-2-5-15(12)16/h1-8,11,18H,9-10H2/b8-3+. The van der Waals surface area contributed by atoms with E-state index in [4.69, 9.17) is 11.6 Å². The first-order chi connectivity index (χ1) is 8.88. The van der Waals surface area contributed by atoms with Crippen LogP contribution < -0.4 is 5.32 Å². The second-order valence-electron chi connectivity index (χ2n) is 4.45. The summed E-state index contributed by atoms with van der Waals surface area (Å²) in [6.07, 6.45) is 2.93. The molecule has 1 N–H and O–H groups in total. The minimum Gasteiger partial charge on any atom is -0.382 e. The summed E-state index contributed by atoms with van der Waals surface area (Å²) in [6, 6.07) is 15.2. The molecule has 0 bridgehead atoms. The van der Waals surface area contributed by atoms with Crippen LogP contribution in [0.1, 0.15) is 11.1 Å². The number of hydrogen-bond donors (Lipinski definition) is 1. The molecule has 3 rings (SSSR count). The Kier molecular flexibility index (Phi) is 3.07. The van der Waals surface area contributed by atoms with Crippen molar-refractivity contribution in [3.8, 4) is 11.1 Å². The van der Waals surface area contributed by atoms with Crippen molar-refractivity contribution < 1.29 is 0 Å². The van der Waals surface area contributed by atoms with E-state index in [-0.39, 0.29) is 0 Å². The van der Waals surface area contributed by atoms with Crippen LogP contribution in [0.25, 0.3) is 11.1 Å². The van der Waals surface area contributed by atoms with Crippen molar-refractivity contribution in [3.63, 3.8) is 0 Å². The lowest BCUT2D eigenvalue weighted by Gasteiger charge is -2.06. The summed E-state index contributed by atoms with van der Waals surface area (Å²) in [6.45, 7) is 0.759. The number of halogens is 1. The lowest BCUT2D eigenvalue weighted by molar-refractivity contribution is 1.25. The first kappa shape index (κ1) is 11.4. The third-order valence-corrected chi connectivity index (χ3v) is 3.48. The van der Waals surface area contributed by atoms with Gasteiger partial charge < -0.3 is 5.32 Å². The molecule has 90 valence electrons. The van der Waals surface area contributed by atoms with Crippen LogP contribution in [0.4, 0.5) is 5.69 Å². The van der Waals surface area contributed by atoms with Crippen molar-refractivity contribution in [3.05, 3.63) is 65.2 Å². The monoisotopic (exact) mass is 255 g/mol. The van der Waals surface area contributed by atoms with Crippen LogP contribution in [0.2, 0.25) is 0 Å². The second-order valence-corrected chi connectivity index (χ2v) is 4.70. The van der Waals surface area contributed by atoms with Crippen LogP contribution in [-0.2, 0) is 6.42 Å². The summed E-state index contributed by atoms with van der Waals surface area (Å²) in [4.78, 5) is 0. The lowest BCUT2D eigenvalue weighted by atomic mass is 10.1. The summed E-state index contributed by atoms with van der Waals surface area (Å²) in [5, 5.41) is 3.33. The zero-order valence-corrected chi connectivity index (χ0v) is 10.7. The molecule has 0 spiro atoms. The normalized spacial score (nSPS) is 12.5. The smallest absolute Gasteiger partial charge is 0.0345 e. The summed E-state index contributed by atoms with van der Waals surface area (Å²) in [5.41, 5.74) is 8.25. The van der Waals surface area contributed by atoms with Crippen molar-refractivity contribution in [1.29, 1.82) is 0 Å². The summed E-state index contributed by atoms with van der Waals surface area (Å²) >= 11 is 5.50. The van der Waals surface area contributed by atoms with Crippen LogP contribution in [0.5, 0.6) is 0 Å². The van der Waals surface area contributed by atoms with Gasteiger partial charge in [-0.15, -0.1) is 0 Å². The molecule has 0 unspecified atom stereocenters. The quantitative estimate of drug-likeness (QED) is 0.730. The van der Waals surface area contributed by atoms with Gasteiger partial charge in [-0.2, -0.15) is 0 Å². The molecule has 2 aromatic rings. The number of fused-ring (bicyclic) bond motifs is 3. The minimum atomic E-state index is 0.759. The van der Waals surface area contributed by atoms with Gasteiger partial charge in [0.1, 0.15) is 0 Å². The highest BCUT2D eigenvalue weighted by molar-refractivity contribution is 6.25. The van der Waals surface area contributed by atoms with Crippen molar-refractivity contribution in [1.82, 2.24) is 0 Å². The molecule has 0 fully saturated rings. The van der Waals surface area contributed by atoms with Gasteiger partial charge in [-0.1, -0.05) is 48.0 Å². The van der Waals surface area contributed by atoms with E-state index in [0.29, 0.717) is 0 Å². The Morgan fingerprint density at radius 2 is 1.89 bits per heavy atom. The fourth-order valence-electron chi connectivity index (χ4n) is 2.48. The van der Waals surface area contributed by atoms with E-state index in [9.17, 15) is 0 Å². The minimum absolute atomic E-state index is 0.759. The average molecular weight is 256 g/mol. The maximum atomic E-state index is 5.50. The maximum absolute atomic E-state index is 5.50. The van der Waals surface area contributed by atoms with E-state index >= 15 is 0 Å². The maximum Gasteiger partial charge on any atom is 0.0345 e. The van der Waals surface area contributed by atoms with Gasteiger partial charge >= 0.3 is 0 Å². The molecule has 2 aromatic carbocycles. The molecule has 1 nitrogen and oxygen atoms in total. The fraction of sp³-hybridized carbons (Fsp3) is 0.125. The largest absolute Gasteiger partial charge is 0.382 e. The van der Waals surface area contributed by atoms with Gasteiger partial charge in [-0.3, -0.25) is 0 Å². The van der Waals surface area contributed by atoms with Crippen molar-refractivity contribution >= 4 is 17.3 Å². The topological polar surface area (TPSA) is 12.0 Å². The fourth-order valence-corrected chi connectivity index (χ4v) is 2.57. The first-order valence-electron chi connectivity index (χ1n) is 6.09. The van der Waals surface area contributed by atoms with Crippen LogP contribution in [0.15, 0.2) is 54.1 Å². The summed E-state index contributed by atoms with van der Waals surface area (Å²) in [7, 11) is 0. The van der Waals surface area contributed by atoms with Crippen LogP contribution in [0.3, 0.4) is 0 Å². The summed E-state index contributed by atoms with van der Waals surface area (Å²) < 4.78 is 0. The van der Waals surface area contributed by atoms with E-state index in [0.717, 1.165) is 18.7 Å². The van der Waals surface area contributed by atoms with Gasteiger partial charge in [0.25, 0.3) is 0 Å². The SMILES string of the molecule is Cl/C=C/CNc1ccc2c(c1)Cc1ccccc1-2. The molecule has 0 radical (unpaired) electrons. The zero-order valence-electron chi connectivity index (χ0n) is 9.99. The molecule has 18 heavy (non-hydrogen) atoms. The van der Waals surface area contributed by atoms with E-state index in [1.807, 2.05) is 6.08 Å². The molecule has 0 saturated carbocycles. The van der Waals surface area contributed by atoms with Gasteiger partial charge in [0.05, 0.1) is 0 Å².